The van der Waals surface area contributed by atoms with Crippen LogP contribution in [0.1, 0.15) is 42.7 Å². The number of hydrogen-bond acceptors (Lipinski definition) is 5. The number of carbonyl (C=O) groups excluding carboxylic acids is 2. The van der Waals surface area contributed by atoms with Crippen molar-refractivity contribution < 1.29 is 29.0 Å². The van der Waals surface area contributed by atoms with Gasteiger partial charge in [0.1, 0.15) is 6.61 Å². The van der Waals surface area contributed by atoms with Crippen molar-refractivity contribution in [2.45, 2.75) is 37.6 Å². The maximum Gasteiger partial charge on any atom is 0.407 e. The Balaban J connectivity index is 1.17. The van der Waals surface area contributed by atoms with E-state index in [2.05, 4.69) is 34.9 Å². The minimum absolute atomic E-state index is 0.0503. The molecule has 1 saturated carbocycles. The third-order valence-electron chi connectivity index (χ3n) is 7.68. The number of ether oxygens (including phenoxy) is 2. The fourth-order valence-electron chi connectivity index (χ4n) is 5.65. The number of alkyl carbamates (subject to hydrolysis) is 1. The largest absolute Gasteiger partial charge is 0.481 e. The molecule has 2 atom stereocenters. The third-order valence-corrected chi connectivity index (χ3v) is 7.68. The molecule has 35 heavy (non-hydrogen) atoms. The van der Waals surface area contributed by atoms with Gasteiger partial charge in [-0.3, -0.25) is 9.59 Å². The zero-order valence-corrected chi connectivity index (χ0v) is 19.5. The number of hydrogen-bond donors (Lipinski definition) is 3. The average Bonchev–Trinajstić information content (AvgIpc) is 3.60. The first kappa shape index (κ1) is 23.4. The van der Waals surface area contributed by atoms with E-state index < -0.39 is 29.4 Å². The van der Waals surface area contributed by atoms with Gasteiger partial charge in [0, 0.05) is 12.5 Å². The van der Waals surface area contributed by atoms with Crippen molar-refractivity contribution in [3.63, 3.8) is 0 Å². The Bertz CT molecular complexity index is 1080. The highest BCUT2D eigenvalue weighted by atomic mass is 16.5. The zero-order chi connectivity index (χ0) is 24.4. The number of carbonyl (C=O) groups is 3. The van der Waals surface area contributed by atoms with Crippen molar-refractivity contribution in [3.8, 4) is 11.1 Å². The lowest BCUT2D eigenvalue weighted by molar-refractivity contribution is -0.148. The second-order valence-electron chi connectivity index (χ2n) is 9.73. The van der Waals surface area contributed by atoms with Gasteiger partial charge in [-0.1, -0.05) is 61.4 Å². The zero-order valence-electron chi connectivity index (χ0n) is 19.5. The Morgan fingerprint density at radius 3 is 2.23 bits per heavy atom. The number of nitrogens with one attached hydrogen (secondary N) is 2. The monoisotopic (exact) mass is 478 g/mol. The van der Waals surface area contributed by atoms with Crippen molar-refractivity contribution in [1.82, 2.24) is 10.6 Å². The van der Waals surface area contributed by atoms with E-state index in [0.717, 1.165) is 35.1 Å². The van der Waals surface area contributed by atoms with Gasteiger partial charge in [-0.25, -0.2) is 4.79 Å². The minimum atomic E-state index is -0.898. The molecule has 0 radical (unpaired) electrons. The number of rotatable bonds is 7. The van der Waals surface area contributed by atoms with E-state index in [4.69, 9.17) is 9.47 Å². The maximum atomic E-state index is 12.8. The smallest absolute Gasteiger partial charge is 0.407 e. The SMILES string of the molecule is O=C(NC1COCC1C(=O)NCC1(C(=O)O)CCCC1)OCC1c2ccccc2-c2ccccc21. The van der Waals surface area contributed by atoms with Gasteiger partial charge >= 0.3 is 12.1 Å². The van der Waals surface area contributed by atoms with Crippen molar-refractivity contribution >= 4 is 18.0 Å². The highest BCUT2D eigenvalue weighted by Gasteiger charge is 2.43. The van der Waals surface area contributed by atoms with Gasteiger partial charge in [0.05, 0.1) is 30.6 Å². The summed E-state index contributed by atoms with van der Waals surface area (Å²) >= 11 is 0. The van der Waals surface area contributed by atoms with E-state index in [1.807, 2.05) is 24.3 Å². The molecule has 2 aromatic rings. The van der Waals surface area contributed by atoms with Crippen LogP contribution < -0.4 is 10.6 Å². The second kappa shape index (κ2) is 9.70. The fourth-order valence-corrected chi connectivity index (χ4v) is 5.65. The van der Waals surface area contributed by atoms with Gasteiger partial charge in [0.15, 0.2) is 0 Å². The molecule has 2 aliphatic carbocycles. The number of amides is 2. The van der Waals surface area contributed by atoms with Crippen LogP contribution in [-0.2, 0) is 19.1 Å². The van der Waals surface area contributed by atoms with Crippen molar-refractivity contribution in [1.29, 1.82) is 0 Å². The molecule has 1 aliphatic heterocycles. The van der Waals surface area contributed by atoms with Gasteiger partial charge in [-0.2, -0.15) is 0 Å². The van der Waals surface area contributed by atoms with Gasteiger partial charge in [-0.15, -0.1) is 0 Å². The quantitative estimate of drug-likeness (QED) is 0.563. The molecule has 2 aromatic carbocycles. The highest BCUT2D eigenvalue weighted by Crippen LogP contribution is 2.44. The van der Waals surface area contributed by atoms with Gasteiger partial charge < -0.3 is 25.2 Å². The normalized spacial score (nSPS) is 22.3. The lowest BCUT2D eigenvalue weighted by Crippen LogP contribution is -2.49. The topological polar surface area (TPSA) is 114 Å². The molecule has 8 nitrogen and oxygen atoms in total. The molecular formula is C27H30N2O6. The maximum absolute atomic E-state index is 12.8. The molecule has 0 spiro atoms. The predicted octanol–water partition coefficient (Wildman–Crippen LogP) is 3.30. The first-order chi connectivity index (χ1) is 17.0. The lowest BCUT2D eigenvalue weighted by atomic mass is 9.86. The Labute approximate surface area is 204 Å². The summed E-state index contributed by atoms with van der Waals surface area (Å²) in [7, 11) is 0. The number of carboxylic acids is 1. The summed E-state index contributed by atoms with van der Waals surface area (Å²) in [5.74, 6) is -1.82. The lowest BCUT2D eigenvalue weighted by Gasteiger charge is -2.26. The van der Waals surface area contributed by atoms with E-state index in [1.54, 1.807) is 0 Å². The second-order valence-corrected chi connectivity index (χ2v) is 9.73. The number of fused-ring (bicyclic) bond motifs is 3. The first-order valence-corrected chi connectivity index (χ1v) is 12.2. The van der Waals surface area contributed by atoms with Crippen LogP contribution in [0.2, 0.25) is 0 Å². The van der Waals surface area contributed by atoms with Crippen molar-refractivity contribution in [2.24, 2.45) is 11.3 Å². The molecule has 184 valence electrons. The molecule has 2 amide bonds. The first-order valence-electron chi connectivity index (χ1n) is 12.2. The van der Waals surface area contributed by atoms with Crippen LogP contribution in [0.15, 0.2) is 48.5 Å². The highest BCUT2D eigenvalue weighted by molar-refractivity contribution is 5.83. The summed E-state index contributed by atoms with van der Waals surface area (Å²) in [4.78, 5) is 37.2. The molecule has 3 N–H and O–H groups in total. The molecule has 0 aromatic heterocycles. The number of carboxylic acid groups (broad SMARTS) is 1. The van der Waals surface area contributed by atoms with E-state index in [-0.39, 0.29) is 38.2 Å². The fraction of sp³-hybridized carbons (Fsp3) is 0.444. The summed E-state index contributed by atoms with van der Waals surface area (Å²) in [5.41, 5.74) is 3.66. The Hall–Kier alpha value is -3.39. The molecule has 8 heteroatoms. The molecule has 1 saturated heterocycles. The van der Waals surface area contributed by atoms with E-state index in [9.17, 15) is 19.5 Å². The summed E-state index contributed by atoms with van der Waals surface area (Å²) in [6, 6.07) is 15.7. The van der Waals surface area contributed by atoms with E-state index in [1.165, 1.54) is 0 Å². The van der Waals surface area contributed by atoms with Gasteiger partial charge in [0.2, 0.25) is 5.91 Å². The average molecular weight is 479 g/mol. The Morgan fingerprint density at radius 1 is 0.971 bits per heavy atom. The molecular weight excluding hydrogens is 448 g/mol. The molecule has 2 unspecified atom stereocenters. The van der Waals surface area contributed by atoms with Crippen LogP contribution in [0, 0.1) is 11.3 Å². The number of benzene rings is 2. The summed E-state index contributed by atoms with van der Waals surface area (Å²) in [6.07, 6.45) is 2.22. The van der Waals surface area contributed by atoms with E-state index in [0.29, 0.717) is 12.8 Å². The molecule has 0 bridgehead atoms. The van der Waals surface area contributed by atoms with Crippen LogP contribution in [0.4, 0.5) is 4.79 Å². The summed E-state index contributed by atoms with van der Waals surface area (Å²) in [5, 5.41) is 15.2. The molecule has 2 fully saturated rings. The van der Waals surface area contributed by atoms with E-state index >= 15 is 0 Å². The van der Waals surface area contributed by atoms with Crippen molar-refractivity contribution in [3.05, 3.63) is 59.7 Å². The molecule has 1 heterocycles. The van der Waals surface area contributed by atoms with Crippen LogP contribution in [0.25, 0.3) is 11.1 Å². The van der Waals surface area contributed by atoms with Gasteiger partial charge in [0.25, 0.3) is 0 Å². The summed E-state index contributed by atoms with van der Waals surface area (Å²) in [6.45, 7) is 0.646. The van der Waals surface area contributed by atoms with Crippen LogP contribution in [0.5, 0.6) is 0 Å². The van der Waals surface area contributed by atoms with Crippen molar-refractivity contribution in [2.75, 3.05) is 26.4 Å². The number of aliphatic carboxylic acids is 1. The summed E-state index contributed by atoms with van der Waals surface area (Å²) < 4.78 is 11.1. The minimum Gasteiger partial charge on any atom is -0.481 e. The standard InChI is InChI=1S/C27H30N2O6/c30-24(28-16-27(25(31)32)11-5-6-12-27)22-13-34-15-23(22)29-26(33)35-14-21-19-9-3-1-7-17(19)18-8-2-4-10-20(18)21/h1-4,7-10,21-23H,5-6,11-16H2,(H,28,30)(H,29,33)(H,31,32). The molecule has 3 aliphatic rings. The van der Waals surface area contributed by atoms with Crippen LogP contribution in [0.3, 0.4) is 0 Å². The van der Waals surface area contributed by atoms with Crippen LogP contribution >= 0.6 is 0 Å². The Kier molecular flexibility index (Phi) is 6.47. The van der Waals surface area contributed by atoms with Crippen LogP contribution in [-0.4, -0.2) is 55.5 Å². The van der Waals surface area contributed by atoms with Gasteiger partial charge in [-0.05, 0) is 35.1 Å². The third kappa shape index (κ3) is 4.50. The molecule has 5 rings (SSSR count). The predicted molar refractivity (Wildman–Crippen MR) is 128 cm³/mol. The Morgan fingerprint density at radius 2 is 1.60 bits per heavy atom.